The Labute approximate surface area is 285 Å². The van der Waals surface area contributed by atoms with Gasteiger partial charge in [-0.3, -0.25) is 4.98 Å². The minimum atomic E-state index is 0. The summed E-state index contributed by atoms with van der Waals surface area (Å²) in [6, 6.07) is 33.2. The van der Waals surface area contributed by atoms with E-state index < -0.39 is 0 Å². The van der Waals surface area contributed by atoms with Crippen molar-refractivity contribution in [2.24, 2.45) is 0 Å². The Balaban J connectivity index is 0.00000400. The molecule has 3 nitrogen and oxygen atoms in total. The van der Waals surface area contributed by atoms with Gasteiger partial charge in [-0.15, -0.1) is 35.1 Å². The van der Waals surface area contributed by atoms with Crippen LogP contribution in [0.3, 0.4) is 0 Å². The van der Waals surface area contributed by atoms with E-state index in [9.17, 15) is 5.11 Å². The Morgan fingerprint density at radius 1 is 0.733 bits per heavy atom. The fourth-order valence-corrected chi connectivity index (χ4v) is 6.54. The van der Waals surface area contributed by atoms with Gasteiger partial charge in [0.1, 0.15) is 10.8 Å². The fourth-order valence-electron chi connectivity index (χ4n) is 5.51. The number of thiazole rings is 1. The van der Waals surface area contributed by atoms with E-state index >= 15 is 0 Å². The number of phenols is 1. The van der Waals surface area contributed by atoms with Crippen molar-refractivity contribution in [3.8, 4) is 49.8 Å². The average Bonchev–Trinajstić information content (AvgIpc) is 3.45. The minimum absolute atomic E-state index is 0. The smallest absolute Gasteiger partial charge is 0.127 e. The summed E-state index contributed by atoms with van der Waals surface area (Å²) in [6.45, 7) is 15.7. The Morgan fingerprint density at radius 2 is 1.38 bits per heavy atom. The van der Waals surface area contributed by atoms with Crippen LogP contribution < -0.4 is 0 Å². The molecule has 5 heteroatoms. The second-order valence-electron chi connectivity index (χ2n) is 13.3. The number of rotatable bonds is 6. The molecular formula is C40H39N2OPtS-. The van der Waals surface area contributed by atoms with Gasteiger partial charge in [-0.2, -0.15) is 0 Å². The topological polar surface area (TPSA) is 46.0 Å². The van der Waals surface area contributed by atoms with Crippen molar-refractivity contribution in [1.29, 1.82) is 0 Å². The molecule has 6 rings (SSSR count). The average molecular weight is 791 g/mol. The second kappa shape index (κ2) is 13.0. The zero-order valence-corrected chi connectivity index (χ0v) is 30.0. The summed E-state index contributed by atoms with van der Waals surface area (Å²) in [5.41, 5.74) is 11.7. The van der Waals surface area contributed by atoms with E-state index in [4.69, 9.17) is 9.97 Å². The third-order valence-electron chi connectivity index (χ3n) is 8.26. The van der Waals surface area contributed by atoms with E-state index in [0.717, 1.165) is 48.7 Å². The standard InChI is InChI=1S/C40H39N2OS.Pt/c1-24(2)26-17-27(25(3)4)19-28(18-26)29-20-30(22-31(21-29)35-23-32(15-16-41-35)40(5,6)7)33-12-10-14-37-38(33)42-39(44-37)34-11-8-9-13-36(34)43;/h8-21,23-25,43H,1-7H3;/q-1;. The summed E-state index contributed by atoms with van der Waals surface area (Å²) in [6.07, 6.45) is 1.91. The van der Waals surface area contributed by atoms with E-state index in [1.54, 1.807) is 17.4 Å². The molecule has 0 unspecified atom stereocenters. The molecule has 0 radical (unpaired) electrons. The van der Waals surface area contributed by atoms with Crippen molar-refractivity contribution >= 4 is 21.6 Å². The van der Waals surface area contributed by atoms with Crippen LogP contribution in [0.15, 0.2) is 91.1 Å². The molecular weight excluding hydrogens is 752 g/mol. The molecule has 0 bridgehead atoms. The van der Waals surface area contributed by atoms with Crippen LogP contribution in [-0.4, -0.2) is 15.1 Å². The zero-order valence-electron chi connectivity index (χ0n) is 26.9. The van der Waals surface area contributed by atoms with Crippen molar-refractivity contribution < 1.29 is 26.2 Å². The van der Waals surface area contributed by atoms with Crippen LogP contribution in [0, 0.1) is 6.07 Å². The van der Waals surface area contributed by atoms with Crippen molar-refractivity contribution in [2.45, 2.75) is 65.7 Å². The van der Waals surface area contributed by atoms with Gasteiger partial charge in [-0.1, -0.05) is 114 Å². The van der Waals surface area contributed by atoms with E-state index in [1.165, 1.54) is 22.3 Å². The summed E-state index contributed by atoms with van der Waals surface area (Å²) in [4.78, 5) is 9.90. The largest absolute Gasteiger partial charge is 0.507 e. The number of benzene rings is 4. The van der Waals surface area contributed by atoms with Gasteiger partial charge in [0, 0.05) is 37.7 Å². The van der Waals surface area contributed by atoms with Crippen molar-refractivity contribution in [3.63, 3.8) is 0 Å². The molecule has 0 saturated carbocycles. The molecule has 0 saturated heterocycles. The van der Waals surface area contributed by atoms with Gasteiger partial charge in [0.15, 0.2) is 0 Å². The Kier molecular flexibility index (Phi) is 9.49. The third-order valence-corrected chi connectivity index (χ3v) is 9.31. The number of nitrogens with zero attached hydrogens (tertiary/aromatic N) is 2. The first-order valence-electron chi connectivity index (χ1n) is 15.4. The number of pyridine rings is 1. The predicted octanol–water partition coefficient (Wildman–Crippen LogP) is 11.4. The van der Waals surface area contributed by atoms with Gasteiger partial charge in [-0.25, -0.2) is 4.98 Å². The van der Waals surface area contributed by atoms with Crippen molar-refractivity contribution in [2.75, 3.05) is 0 Å². The molecule has 2 aromatic heterocycles. The van der Waals surface area contributed by atoms with Gasteiger partial charge in [0.2, 0.25) is 0 Å². The molecule has 0 spiro atoms. The molecule has 0 atom stereocenters. The quantitative estimate of drug-likeness (QED) is 0.171. The van der Waals surface area contributed by atoms with Gasteiger partial charge >= 0.3 is 0 Å². The van der Waals surface area contributed by atoms with Gasteiger partial charge in [0.25, 0.3) is 0 Å². The first kappa shape index (κ1) is 32.8. The molecule has 0 aliphatic heterocycles. The van der Waals surface area contributed by atoms with E-state index in [0.29, 0.717) is 11.8 Å². The molecule has 4 aromatic carbocycles. The molecule has 45 heavy (non-hydrogen) atoms. The molecule has 1 N–H and O–H groups in total. The maximum atomic E-state index is 10.6. The van der Waals surface area contributed by atoms with Crippen LogP contribution >= 0.6 is 11.3 Å². The SMILES string of the molecule is CC(C)c1cc(-c2cc(-c3cc(C(C)(C)C)ccn3)[c-]c(-c3cccc4sc(-c5ccccc5O)nc34)c2)cc(C(C)C)c1.[Pt]. The van der Waals surface area contributed by atoms with E-state index in [1.807, 2.05) is 24.4 Å². The first-order valence-corrected chi connectivity index (χ1v) is 16.2. The molecule has 0 aliphatic rings. The number of fused-ring (bicyclic) bond motifs is 1. The van der Waals surface area contributed by atoms with Gasteiger partial charge < -0.3 is 5.11 Å². The molecule has 2 heterocycles. The molecule has 6 aromatic rings. The molecule has 232 valence electrons. The summed E-state index contributed by atoms with van der Waals surface area (Å²) < 4.78 is 1.07. The third kappa shape index (κ3) is 6.83. The van der Waals surface area contributed by atoms with E-state index in [2.05, 4.69) is 115 Å². The van der Waals surface area contributed by atoms with Crippen LogP contribution in [-0.2, 0) is 26.5 Å². The normalized spacial score (nSPS) is 11.8. The Hall–Kier alpha value is -3.59. The zero-order chi connectivity index (χ0) is 31.2. The van der Waals surface area contributed by atoms with Crippen LogP contribution in [0.25, 0.3) is 54.3 Å². The summed E-state index contributed by atoms with van der Waals surface area (Å²) in [5, 5.41) is 11.4. The van der Waals surface area contributed by atoms with Crippen LogP contribution in [0.5, 0.6) is 5.75 Å². The van der Waals surface area contributed by atoms with Crippen LogP contribution in [0.1, 0.15) is 77.0 Å². The molecule has 0 aliphatic carbocycles. The number of aromatic nitrogens is 2. The number of para-hydroxylation sites is 2. The Morgan fingerprint density at radius 3 is 2.04 bits per heavy atom. The Bertz CT molecular complexity index is 1960. The molecule has 0 fully saturated rings. The number of aromatic hydroxyl groups is 1. The maximum Gasteiger partial charge on any atom is 0.127 e. The van der Waals surface area contributed by atoms with Crippen molar-refractivity contribution in [3.05, 3.63) is 114 Å². The maximum absolute atomic E-state index is 10.6. The number of phenolic OH excluding ortho intramolecular Hbond substituents is 1. The van der Waals surface area contributed by atoms with E-state index in [-0.39, 0.29) is 32.2 Å². The van der Waals surface area contributed by atoms with Crippen LogP contribution in [0.4, 0.5) is 0 Å². The minimum Gasteiger partial charge on any atom is -0.507 e. The predicted molar refractivity (Wildman–Crippen MR) is 187 cm³/mol. The van der Waals surface area contributed by atoms with Gasteiger partial charge in [0.05, 0.1) is 11.1 Å². The summed E-state index contributed by atoms with van der Waals surface area (Å²) in [7, 11) is 0. The number of hydrogen-bond acceptors (Lipinski definition) is 4. The van der Waals surface area contributed by atoms with Crippen LogP contribution in [0.2, 0.25) is 0 Å². The number of hydrogen-bond donors (Lipinski definition) is 1. The van der Waals surface area contributed by atoms with Gasteiger partial charge in [-0.05, 0) is 63.8 Å². The van der Waals surface area contributed by atoms with Crippen molar-refractivity contribution in [1.82, 2.24) is 9.97 Å². The molecule has 0 amide bonds. The summed E-state index contributed by atoms with van der Waals surface area (Å²) in [5.74, 6) is 1.08. The summed E-state index contributed by atoms with van der Waals surface area (Å²) >= 11 is 1.59. The monoisotopic (exact) mass is 790 g/mol. The fraction of sp³-hybridized carbons (Fsp3) is 0.250. The second-order valence-corrected chi connectivity index (χ2v) is 14.3. The first-order chi connectivity index (χ1) is 21.0.